The van der Waals surface area contributed by atoms with Gasteiger partial charge in [0.05, 0.1) is 6.54 Å². The van der Waals surface area contributed by atoms with Crippen molar-refractivity contribution in [1.29, 1.82) is 0 Å². The summed E-state index contributed by atoms with van der Waals surface area (Å²) in [6.45, 7) is 3.12. The van der Waals surface area contributed by atoms with E-state index in [1.165, 1.54) is 10.6 Å². The fourth-order valence-electron chi connectivity index (χ4n) is 1.85. The van der Waals surface area contributed by atoms with Gasteiger partial charge in [0, 0.05) is 23.7 Å². The monoisotopic (exact) mass is 329 g/mol. The quantitative estimate of drug-likeness (QED) is 0.442. The second-order valence-corrected chi connectivity index (χ2v) is 5.75. The molecular weight excluding hydrogens is 309 g/mol. The second-order valence-electron chi connectivity index (χ2n) is 4.71. The van der Waals surface area contributed by atoms with Crippen LogP contribution >= 0.6 is 11.3 Å². The maximum absolute atomic E-state index is 8.00. The Kier molecular flexibility index (Phi) is 12.1. The van der Waals surface area contributed by atoms with Crippen LogP contribution in [-0.2, 0) is 6.54 Å². The van der Waals surface area contributed by atoms with Gasteiger partial charge >= 0.3 is 29.6 Å². The van der Waals surface area contributed by atoms with Crippen molar-refractivity contribution >= 4 is 17.0 Å². The minimum atomic E-state index is 0. The summed E-state index contributed by atoms with van der Waals surface area (Å²) in [6, 6.07) is 15.0. The van der Waals surface area contributed by atoms with Crippen LogP contribution in [-0.4, -0.2) is 32.1 Å². The maximum atomic E-state index is 8.00. The Labute approximate surface area is 157 Å². The zero-order valence-corrected chi connectivity index (χ0v) is 16.1. The van der Waals surface area contributed by atoms with Crippen molar-refractivity contribution in [1.82, 2.24) is 4.90 Å². The van der Waals surface area contributed by atoms with Crippen molar-refractivity contribution in [2.75, 3.05) is 32.1 Å². The van der Waals surface area contributed by atoms with Gasteiger partial charge in [0.25, 0.3) is 0 Å². The molecule has 0 saturated heterocycles. The van der Waals surface area contributed by atoms with Crippen molar-refractivity contribution in [3.8, 4) is 0 Å². The molecule has 0 N–H and O–H groups in total. The number of rotatable bonds is 6. The van der Waals surface area contributed by atoms with Gasteiger partial charge in [-0.25, -0.2) is 0 Å². The number of hydrogen-bond donors (Lipinski definition) is 0. The molecule has 0 aliphatic rings. The maximum Gasteiger partial charge on any atom is 1.00 e. The molecule has 0 radical (unpaired) electrons. The number of benzene rings is 1. The molecule has 7 heteroatoms. The number of nitrogens with zero attached hydrogens (tertiary/aromatic N) is 3. The van der Waals surface area contributed by atoms with Crippen molar-refractivity contribution in [3.63, 3.8) is 0 Å². The first-order valence-corrected chi connectivity index (χ1v) is 7.47. The Hall–Kier alpha value is -0.920. The van der Waals surface area contributed by atoms with Crippen LogP contribution in [0.2, 0.25) is 0 Å². The van der Waals surface area contributed by atoms with Gasteiger partial charge in [-0.15, -0.1) is 16.7 Å². The van der Waals surface area contributed by atoms with Crippen LogP contribution in [0.4, 0.5) is 5.69 Å². The van der Waals surface area contributed by atoms with Crippen LogP contribution in [0.25, 0.3) is 0 Å². The van der Waals surface area contributed by atoms with Gasteiger partial charge in [0.2, 0.25) is 0 Å². The molecule has 114 valence electrons. The van der Waals surface area contributed by atoms with Crippen molar-refractivity contribution < 1.29 is 29.6 Å². The predicted molar refractivity (Wildman–Crippen MR) is 89.5 cm³/mol. The van der Waals surface area contributed by atoms with E-state index in [1.54, 1.807) is 0 Å². The van der Waals surface area contributed by atoms with Gasteiger partial charge < -0.3 is 19.9 Å². The molecular formula is C15H20N3NaO2S. The average molecular weight is 329 g/mol. The minimum absolute atomic E-state index is 0. The molecule has 2 rings (SSSR count). The molecule has 0 saturated carbocycles. The number of likely N-dealkylation sites (N-methyl/N-ethyl adjacent to an activating group) is 1. The first kappa shape index (κ1) is 21.1. The van der Waals surface area contributed by atoms with E-state index in [0.29, 0.717) is 0 Å². The first-order valence-electron chi connectivity index (χ1n) is 6.59. The number of hydrogen-bond acceptors (Lipinski definition) is 6. The van der Waals surface area contributed by atoms with E-state index in [-0.39, 0.29) is 29.6 Å². The molecule has 0 amide bonds. The van der Waals surface area contributed by atoms with Crippen molar-refractivity contribution in [3.05, 3.63) is 62.8 Å². The van der Waals surface area contributed by atoms with E-state index >= 15 is 0 Å². The summed E-state index contributed by atoms with van der Waals surface area (Å²) < 4.78 is 0. The van der Waals surface area contributed by atoms with E-state index in [2.05, 4.69) is 71.7 Å². The van der Waals surface area contributed by atoms with Gasteiger partial charge in [-0.1, -0.05) is 24.3 Å². The van der Waals surface area contributed by atoms with Gasteiger partial charge in [-0.3, -0.25) is 0 Å². The van der Waals surface area contributed by atoms with E-state index in [4.69, 9.17) is 10.1 Å². The molecule has 0 aliphatic carbocycles. The molecule has 22 heavy (non-hydrogen) atoms. The summed E-state index contributed by atoms with van der Waals surface area (Å²) >= 11 is 1.82. The van der Waals surface area contributed by atoms with E-state index in [9.17, 15) is 0 Å². The Morgan fingerprint density at radius 2 is 1.73 bits per heavy atom. The third-order valence-corrected chi connectivity index (χ3v) is 3.73. The van der Waals surface area contributed by atoms with Crippen molar-refractivity contribution in [2.24, 2.45) is 5.34 Å². The zero-order valence-electron chi connectivity index (χ0n) is 13.3. The molecule has 2 aromatic rings. The summed E-state index contributed by atoms with van der Waals surface area (Å²) in [5.74, 6) is 0. The summed E-state index contributed by atoms with van der Waals surface area (Å²) in [7, 11) is 4.24. The van der Waals surface area contributed by atoms with E-state index in [1.807, 2.05) is 11.3 Å². The minimum Gasteiger partial charge on any atom is -0.444 e. The van der Waals surface area contributed by atoms with Gasteiger partial charge in [0.15, 0.2) is 0 Å². The van der Waals surface area contributed by atoms with Crippen molar-refractivity contribution in [2.45, 2.75) is 6.54 Å². The predicted octanol–water partition coefficient (Wildman–Crippen LogP) is 0.571. The van der Waals surface area contributed by atoms with Gasteiger partial charge in [-0.05, 0) is 37.7 Å². The van der Waals surface area contributed by atoms with Crippen LogP contribution < -0.4 is 34.5 Å². The van der Waals surface area contributed by atoms with Crippen LogP contribution in [0.15, 0.2) is 53.2 Å². The second kappa shape index (κ2) is 12.6. The summed E-state index contributed by atoms with van der Waals surface area (Å²) in [4.78, 5) is 14.1. The molecule has 0 bridgehead atoms. The standard InChI is InChI=1S/C15H20N2S.HNO2.Na/c1-16(2)10-11-17(13-15-9-6-12-18-15)14-7-4-3-5-8-14;2-1-3;/h3-9,12H,10-11,13H2,1-2H3;(H,2,3);/q;;+1/p-1. The Morgan fingerprint density at radius 1 is 1.09 bits per heavy atom. The average Bonchev–Trinajstić information content (AvgIpc) is 2.98. The summed E-state index contributed by atoms with van der Waals surface area (Å²) in [6.07, 6.45) is 0. The zero-order chi connectivity index (χ0) is 15.5. The molecule has 0 fully saturated rings. The number of anilines is 1. The van der Waals surface area contributed by atoms with Gasteiger partial charge in [-0.2, -0.15) is 0 Å². The van der Waals surface area contributed by atoms with Crippen LogP contribution in [0.1, 0.15) is 4.88 Å². The Morgan fingerprint density at radius 3 is 2.23 bits per heavy atom. The van der Waals surface area contributed by atoms with E-state index in [0.717, 1.165) is 25.0 Å². The molecule has 1 aromatic heterocycles. The molecule has 0 unspecified atom stereocenters. The Bertz CT molecular complexity index is 495. The van der Waals surface area contributed by atoms with Crippen LogP contribution in [0.5, 0.6) is 0 Å². The summed E-state index contributed by atoms with van der Waals surface area (Å²) in [5.41, 5.74) is 1.30. The number of thiophene rings is 1. The SMILES string of the molecule is CN(C)CCN(Cc1cccs1)c1ccccc1.O=N[O-].[Na+]. The molecule has 0 atom stereocenters. The fourth-order valence-corrected chi connectivity index (χ4v) is 2.57. The van der Waals surface area contributed by atoms with Gasteiger partial charge in [0.1, 0.15) is 0 Å². The third-order valence-electron chi connectivity index (χ3n) is 2.87. The first-order chi connectivity index (χ1) is 10.2. The Balaban J connectivity index is 0.00000102. The molecule has 0 aliphatic heterocycles. The van der Waals surface area contributed by atoms with E-state index < -0.39 is 0 Å². The summed E-state index contributed by atoms with van der Waals surface area (Å²) in [5, 5.41) is 11.1. The molecule has 1 heterocycles. The third kappa shape index (κ3) is 8.51. The fraction of sp³-hybridized carbons (Fsp3) is 0.333. The smallest absolute Gasteiger partial charge is 0.444 e. The number of para-hydroxylation sites is 1. The topological polar surface area (TPSA) is 59.0 Å². The molecule has 5 nitrogen and oxygen atoms in total. The molecule has 1 aromatic carbocycles. The van der Waals surface area contributed by atoms with Crippen LogP contribution in [0, 0.1) is 10.1 Å². The van der Waals surface area contributed by atoms with Crippen LogP contribution in [0.3, 0.4) is 0 Å². The normalized spacial score (nSPS) is 9.41. The molecule has 0 spiro atoms. The largest absolute Gasteiger partial charge is 1.00 e.